The number of nitrogens with one attached hydrogen (secondary N) is 2. The molecule has 128 valence electrons. The van der Waals surface area contributed by atoms with E-state index in [2.05, 4.69) is 22.5 Å². The van der Waals surface area contributed by atoms with Crippen molar-refractivity contribution in [1.29, 1.82) is 0 Å². The minimum Gasteiger partial charge on any atom is -0.356 e. The van der Waals surface area contributed by atoms with Crippen molar-refractivity contribution in [3.8, 4) is 0 Å². The van der Waals surface area contributed by atoms with Gasteiger partial charge in [0.2, 0.25) is 5.91 Å². The second kappa shape index (κ2) is 9.67. The standard InChI is InChI=1S/C17H27N3O2S/c1-14(13-20-9-3-2-4-10-20)12-19-16(21)7-8-18-17(22)15-6-5-11-23-15/h5-6,11,14H,2-4,7-10,12-13H2,1H3,(H,18,22)(H,19,21). The maximum Gasteiger partial charge on any atom is 0.261 e. The first-order chi connectivity index (χ1) is 11.1. The van der Waals surface area contributed by atoms with Crippen molar-refractivity contribution in [2.24, 2.45) is 5.92 Å². The maximum absolute atomic E-state index is 11.8. The number of nitrogens with zero attached hydrogens (tertiary/aromatic N) is 1. The average molecular weight is 337 g/mol. The van der Waals surface area contributed by atoms with Crippen molar-refractivity contribution in [2.75, 3.05) is 32.7 Å². The van der Waals surface area contributed by atoms with Crippen molar-refractivity contribution < 1.29 is 9.59 Å². The summed E-state index contributed by atoms with van der Waals surface area (Å²) in [7, 11) is 0. The van der Waals surface area contributed by atoms with Crippen LogP contribution in [0.1, 0.15) is 42.3 Å². The zero-order chi connectivity index (χ0) is 16.5. The van der Waals surface area contributed by atoms with Crippen LogP contribution in [0.4, 0.5) is 0 Å². The first-order valence-corrected chi connectivity index (χ1v) is 9.34. The molecule has 1 aromatic rings. The summed E-state index contributed by atoms with van der Waals surface area (Å²) in [6.45, 7) is 6.68. The van der Waals surface area contributed by atoms with Gasteiger partial charge in [-0.3, -0.25) is 9.59 Å². The second-order valence-corrected chi connectivity index (χ2v) is 7.20. The van der Waals surface area contributed by atoms with Gasteiger partial charge in [0.15, 0.2) is 0 Å². The van der Waals surface area contributed by atoms with Crippen LogP contribution in [0.5, 0.6) is 0 Å². The van der Waals surface area contributed by atoms with E-state index in [4.69, 9.17) is 0 Å². The highest BCUT2D eigenvalue weighted by Crippen LogP contribution is 2.10. The number of carbonyl (C=O) groups is 2. The molecular weight excluding hydrogens is 310 g/mol. The van der Waals surface area contributed by atoms with Gasteiger partial charge >= 0.3 is 0 Å². The lowest BCUT2D eigenvalue weighted by Gasteiger charge is -2.29. The fraction of sp³-hybridized carbons (Fsp3) is 0.647. The molecule has 2 rings (SSSR count). The summed E-state index contributed by atoms with van der Waals surface area (Å²) in [6.07, 6.45) is 4.26. The van der Waals surface area contributed by atoms with Crippen LogP contribution in [0.25, 0.3) is 0 Å². The van der Waals surface area contributed by atoms with Gasteiger partial charge in [0, 0.05) is 26.1 Å². The summed E-state index contributed by atoms with van der Waals surface area (Å²) in [5, 5.41) is 7.60. The predicted molar refractivity (Wildman–Crippen MR) is 93.7 cm³/mol. The van der Waals surface area contributed by atoms with Crippen molar-refractivity contribution in [2.45, 2.75) is 32.6 Å². The zero-order valence-electron chi connectivity index (χ0n) is 13.8. The Morgan fingerprint density at radius 1 is 1.26 bits per heavy atom. The van der Waals surface area contributed by atoms with E-state index in [9.17, 15) is 9.59 Å². The summed E-state index contributed by atoms with van der Waals surface area (Å²) in [5.74, 6) is 0.353. The molecule has 0 aliphatic carbocycles. The van der Waals surface area contributed by atoms with Gasteiger partial charge < -0.3 is 15.5 Å². The summed E-state index contributed by atoms with van der Waals surface area (Å²) in [5.41, 5.74) is 0. The van der Waals surface area contributed by atoms with E-state index in [1.165, 1.54) is 43.7 Å². The molecule has 0 aromatic carbocycles. The van der Waals surface area contributed by atoms with Crippen molar-refractivity contribution >= 4 is 23.2 Å². The van der Waals surface area contributed by atoms with E-state index in [1.807, 2.05) is 11.4 Å². The smallest absolute Gasteiger partial charge is 0.261 e. The van der Waals surface area contributed by atoms with Gasteiger partial charge in [-0.15, -0.1) is 11.3 Å². The SMILES string of the molecule is CC(CNC(=O)CCNC(=O)c1cccs1)CN1CCCCC1. The fourth-order valence-electron chi connectivity index (χ4n) is 2.81. The van der Waals surface area contributed by atoms with E-state index in [0.29, 0.717) is 30.3 Å². The lowest BCUT2D eigenvalue weighted by Crippen LogP contribution is -2.38. The predicted octanol–water partition coefficient (Wildman–Crippen LogP) is 2.11. The summed E-state index contributed by atoms with van der Waals surface area (Å²) >= 11 is 1.40. The van der Waals surface area contributed by atoms with Crippen molar-refractivity contribution in [1.82, 2.24) is 15.5 Å². The van der Waals surface area contributed by atoms with Crippen LogP contribution in [-0.2, 0) is 4.79 Å². The third kappa shape index (κ3) is 6.71. The van der Waals surface area contributed by atoms with Crippen LogP contribution in [0.15, 0.2) is 17.5 Å². The Kier molecular flexibility index (Phi) is 7.55. The molecule has 1 aromatic heterocycles. The lowest BCUT2D eigenvalue weighted by atomic mass is 10.1. The molecule has 0 bridgehead atoms. The van der Waals surface area contributed by atoms with E-state index in [1.54, 1.807) is 6.07 Å². The topological polar surface area (TPSA) is 61.4 Å². The second-order valence-electron chi connectivity index (χ2n) is 6.25. The van der Waals surface area contributed by atoms with Gasteiger partial charge in [-0.05, 0) is 43.3 Å². The van der Waals surface area contributed by atoms with Crippen LogP contribution in [0.2, 0.25) is 0 Å². The number of carbonyl (C=O) groups excluding carboxylic acids is 2. The van der Waals surface area contributed by atoms with E-state index in [0.717, 1.165) is 6.54 Å². The van der Waals surface area contributed by atoms with E-state index < -0.39 is 0 Å². The highest BCUT2D eigenvalue weighted by atomic mass is 32.1. The maximum atomic E-state index is 11.8. The Morgan fingerprint density at radius 3 is 2.74 bits per heavy atom. The molecule has 1 atom stereocenters. The number of rotatable bonds is 8. The summed E-state index contributed by atoms with van der Waals surface area (Å²) < 4.78 is 0. The van der Waals surface area contributed by atoms with Crippen LogP contribution in [0, 0.1) is 5.92 Å². The quantitative estimate of drug-likeness (QED) is 0.764. The van der Waals surface area contributed by atoms with Gasteiger partial charge in [-0.25, -0.2) is 0 Å². The minimum atomic E-state index is -0.105. The minimum absolute atomic E-state index is 0.00183. The monoisotopic (exact) mass is 337 g/mol. The van der Waals surface area contributed by atoms with Gasteiger partial charge in [0.25, 0.3) is 5.91 Å². The Balaban J connectivity index is 1.54. The lowest BCUT2D eigenvalue weighted by molar-refractivity contribution is -0.121. The normalized spacial score (nSPS) is 16.7. The molecule has 2 N–H and O–H groups in total. The van der Waals surface area contributed by atoms with Gasteiger partial charge in [0.1, 0.15) is 0 Å². The number of thiophene rings is 1. The Morgan fingerprint density at radius 2 is 2.04 bits per heavy atom. The van der Waals surface area contributed by atoms with Crippen LogP contribution in [-0.4, -0.2) is 49.4 Å². The molecule has 2 heterocycles. The number of piperidine rings is 1. The average Bonchev–Trinajstić information content (AvgIpc) is 3.08. The first-order valence-electron chi connectivity index (χ1n) is 8.46. The molecule has 1 unspecified atom stereocenters. The summed E-state index contributed by atoms with van der Waals surface area (Å²) in [6, 6.07) is 3.62. The van der Waals surface area contributed by atoms with Crippen LogP contribution in [0.3, 0.4) is 0 Å². The number of likely N-dealkylation sites (tertiary alicyclic amines) is 1. The molecule has 6 heteroatoms. The van der Waals surface area contributed by atoms with Crippen molar-refractivity contribution in [3.63, 3.8) is 0 Å². The highest BCUT2D eigenvalue weighted by Gasteiger charge is 2.14. The fourth-order valence-corrected chi connectivity index (χ4v) is 3.45. The molecule has 1 saturated heterocycles. The van der Waals surface area contributed by atoms with E-state index >= 15 is 0 Å². The largest absolute Gasteiger partial charge is 0.356 e. The van der Waals surface area contributed by atoms with Gasteiger partial charge in [-0.1, -0.05) is 19.4 Å². The number of hydrogen-bond acceptors (Lipinski definition) is 4. The molecule has 0 spiro atoms. The van der Waals surface area contributed by atoms with Crippen LogP contribution >= 0.6 is 11.3 Å². The highest BCUT2D eigenvalue weighted by molar-refractivity contribution is 7.12. The molecule has 1 fully saturated rings. The Labute approximate surface area is 142 Å². The molecule has 5 nitrogen and oxygen atoms in total. The molecule has 1 aliphatic rings. The summed E-state index contributed by atoms with van der Waals surface area (Å²) in [4.78, 5) is 26.7. The molecule has 23 heavy (non-hydrogen) atoms. The molecule has 0 saturated carbocycles. The first kappa shape index (κ1) is 17.9. The molecule has 0 radical (unpaired) electrons. The third-order valence-electron chi connectivity index (χ3n) is 4.05. The number of amides is 2. The molecular formula is C17H27N3O2S. The van der Waals surface area contributed by atoms with Crippen LogP contribution < -0.4 is 10.6 Å². The van der Waals surface area contributed by atoms with Crippen molar-refractivity contribution in [3.05, 3.63) is 22.4 Å². The molecule has 2 amide bonds. The van der Waals surface area contributed by atoms with Gasteiger partial charge in [-0.2, -0.15) is 0 Å². The van der Waals surface area contributed by atoms with Gasteiger partial charge in [0.05, 0.1) is 4.88 Å². The Hall–Kier alpha value is -1.40. The zero-order valence-corrected chi connectivity index (χ0v) is 14.7. The third-order valence-corrected chi connectivity index (χ3v) is 4.92. The Bertz CT molecular complexity index is 484. The number of hydrogen-bond donors (Lipinski definition) is 2. The molecule has 1 aliphatic heterocycles. The van der Waals surface area contributed by atoms with E-state index in [-0.39, 0.29) is 11.8 Å².